The highest BCUT2D eigenvalue weighted by Crippen LogP contribution is 2.37. The predicted octanol–water partition coefficient (Wildman–Crippen LogP) is 1.49. The van der Waals surface area contributed by atoms with E-state index in [0.29, 0.717) is 0 Å². The number of rotatable bonds is 8. The van der Waals surface area contributed by atoms with Gasteiger partial charge in [-0.1, -0.05) is 6.92 Å². The predicted molar refractivity (Wildman–Crippen MR) is 64.2 cm³/mol. The van der Waals surface area contributed by atoms with Crippen LogP contribution in [0.1, 0.15) is 32.6 Å². The van der Waals surface area contributed by atoms with Gasteiger partial charge in [0.25, 0.3) is 0 Å². The highest BCUT2D eigenvalue weighted by Gasteiger charge is 2.35. The molecule has 0 aromatic rings. The molecule has 1 aliphatic carbocycles. The van der Waals surface area contributed by atoms with Crippen LogP contribution in [0, 0.1) is 0 Å². The van der Waals surface area contributed by atoms with Crippen LogP contribution in [0.15, 0.2) is 0 Å². The topological polar surface area (TPSA) is 24.5 Å². The molecule has 0 saturated heterocycles. The van der Waals surface area contributed by atoms with E-state index in [2.05, 4.69) is 24.2 Å². The van der Waals surface area contributed by atoms with Crippen LogP contribution < -0.4 is 5.32 Å². The summed E-state index contributed by atoms with van der Waals surface area (Å²) in [4.78, 5) is 2.32. The first-order chi connectivity index (χ1) is 7.22. The molecule has 1 N–H and O–H groups in total. The molecule has 3 heteroatoms. The summed E-state index contributed by atoms with van der Waals surface area (Å²) in [6.07, 6.45) is 5.01. The highest BCUT2D eigenvalue weighted by molar-refractivity contribution is 4.89. The molecule has 1 aliphatic rings. The van der Waals surface area contributed by atoms with Gasteiger partial charge in [0, 0.05) is 20.2 Å². The van der Waals surface area contributed by atoms with Gasteiger partial charge in [0.05, 0.1) is 5.60 Å². The summed E-state index contributed by atoms with van der Waals surface area (Å²) in [6.45, 7) is 6.63. The van der Waals surface area contributed by atoms with Crippen molar-refractivity contribution in [2.75, 3.05) is 40.3 Å². The van der Waals surface area contributed by atoms with Crippen molar-refractivity contribution in [1.82, 2.24) is 10.2 Å². The molecule has 0 unspecified atom stereocenters. The van der Waals surface area contributed by atoms with Crippen LogP contribution in [-0.2, 0) is 4.74 Å². The number of nitrogens with zero attached hydrogens (tertiary/aromatic N) is 1. The molecule has 0 aliphatic heterocycles. The standard InChI is InChI=1S/C12H26N2O/c1-4-14(2)11-10-13-9-8-12(15-3)6-5-7-12/h13H,4-11H2,1-3H3. The fraction of sp³-hybridized carbons (Fsp3) is 1.00. The Hall–Kier alpha value is -0.120. The van der Waals surface area contributed by atoms with Crippen LogP contribution in [0.5, 0.6) is 0 Å². The number of likely N-dealkylation sites (N-methyl/N-ethyl adjacent to an activating group) is 1. The van der Waals surface area contributed by atoms with E-state index in [0.717, 1.165) is 26.2 Å². The normalized spacial score (nSPS) is 19.2. The Kier molecular flexibility index (Phi) is 5.58. The zero-order chi connectivity index (χ0) is 11.1. The van der Waals surface area contributed by atoms with Gasteiger partial charge in [0.1, 0.15) is 0 Å². The molecule has 0 heterocycles. The van der Waals surface area contributed by atoms with Crippen LogP contribution in [0.25, 0.3) is 0 Å². The number of methoxy groups -OCH3 is 1. The number of hydrogen-bond donors (Lipinski definition) is 1. The van der Waals surface area contributed by atoms with Crippen LogP contribution >= 0.6 is 0 Å². The van der Waals surface area contributed by atoms with Gasteiger partial charge >= 0.3 is 0 Å². The van der Waals surface area contributed by atoms with E-state index in [1.807, 2.05) is 7.11 Å². The third-order valence-electron chi connectivity index (χ3n) is 3.67. The van der Waals surface area contributed by atoms with Crippen molar-refractivity contribution < 1.29 is 4.74 Å². The molecule has 0 aromatic heterocycles. The van der Waals surface area contributed by atoms with Gasteiger partial charge in [-0.2, -0.15) is 0 Å². The van der Waals surface area contributed by atoms with Gasteiger partial charge < -0.3 is 15.0 Å². The Balaban J connectivity index is 1.96. The molecule has 0 bridgehead atoms. The third kappa shape index (κ3) is 4.09. The minimum Gasteiger partial charge on any atom is -0.378 e. The summed E-state index contributed by atoms with van der Waals surface area (Å²) in [6, 6.07) is 0. The van der Waals surface area contributed by atoms with Crippen LogP contribution in [-0.4, -0.2) is 50.8 Å². The summed E-state index contributed by atoms with van der Waals surface area (Å²) in [5.41, 5.74) is 0.226. The van der Waals surface area contributed by atoms with Gasteiger partial charge in [-0.3, -0.25) is 0 Å². The minimum atomic E-state index is 0.226. The molecule has 0 amide bonds. The molecule has 0 spiro atoms. The number of ether oxygens (including phenoxy) is 1. The zero-order valence-corrected chi connectivity index (χ0v) is 10.5. The average molecular weight is 214 g/mol. The molecule has 1 fully saturated rings. The highest BCUT2D eigenvalue weighted by atomic mass is 16.5. The van der Waals surface area contributed by atoms with E-state index in [1.54, 1.807) is 0 Å². The lowest BCUT2D eigenvalue weighted by Gasteiger charge is -2.40. The second-order valence-electron chi connectivity index (χ2n) is 4.64. The summed E-state index contributed by atoms with van der Waals surface area (Å²) in [5.74, 6) is 0. The molecular formula is C12H26N2O. The first-order valence-corrected chi connectivity index (χ1v) is 6.17. The van der Waals surface area contributed by atoms with Crippen LogP contribution in [0.3, 0.4) is 0 Å². The molecule has 3 nitrogen and oxygen atoms in total. The fourth-order valence-electron chi connectivity index (χ4n) is 2.00. The molecule has 90 valence electrons. The minimum absolute atomic E-state index is 0.226. The van der Waals surface area contributed by atoms with Gasteiger partial charge in [-0.05, 0) is 45.8 Å². The maximum atomic E-state index is 5.57. The number of hydrogen-bond acceptors (Lipinski definition) is 3. The quantitative estimate of drug-likeness (QED) is 0.620. The molecule has 0 aromatic carbocycles. The van der Waals surface area contributed by atoms with Crippen molar-refractivity contribution in [3.8, 4) is 0 Å². The number of nitrogens with one attached hydrogen (secondary N) is 1. The van der Waals surface area contributed by atoms with Crippen molar-refractivity contribution in [2.45, 2.75) is 38.2 Å². The van der Waals surface area contributed by atoms with Crippen LogP contribution in [0.2, 0.25) is 0 Å². The Morgan fingerprint density at radius 1 is 1.33 bits per heavy atom. The smallest absolute Gasteiger partial charge is 0.0690 e. The monoisotopic (exact) mass is 214 g/mol. The van der Waals surface area contributed by atoms with Crippen LogP contribution in [0.4, 0.5) is 0 Å². The van der Waals surface area contributed by atoms with Crippen molar-refractivity contribution >= 4 is 0 Å². The van der Waals surface area contributed by atoms with Crippen molar-refractivity contribution in [3.05, 3.63) is 0 Å². The Morgan fingerprint density at radius 3 is 2.53 bits per heavy atom. The molecule has 1 rings (SSSR count). The van der Waals surface area contributed by atoms with Crippen molar-refractivity contribution in [3.63, 3.8) is 0 Å². The van der Waals surface area contributed by atoms with Crippen molar-refractivity contribution in [2.24, 2.45) is 0 Å². The summed E-state index contributed by atoms with van der Waals surface area (Å²) >= 11 is 0. The van der Waals surface area contributed by atoms with E-state index in [-0.39, 0.29) is 5.60 Å². The van der Waals surface area contributed by atoms with Gasteiger partial charge in [-0.25, -0.2) is 0 Å². The average Bonchev–Trinajstić information content (AvgIpc) is 2.20. The largest absolute Gasteiger partial charge is 0.378 e. The third-order valence-corrected chi connectivity index (χ3v) is 3.67. The molecule has 0 atom stereocenters. The summed E-state index contributed by atoms with van der Waals surface area (Å²) in [7, 11) is 4.01. The molecule has 15 heavy (non-hydrogen) atoms. The van der Waals surface area contributed by atoms with E-state index in [4.69, 9.17) is 4.74 Å². The first-order valence-electron chi connectivity index (χ1n) is 6.17. The Bertz CT molecular complexity index is 163. The van der Waals surface area contributed by atoms with Gasteiger partial charge in [0.2, 0.25) is 0 Å². The second kappa shape index (κ2) is 6.46. The molecular weight excluding hydrogens is 188 g/mol. The van der Waals surface area contributed by atoms with Gasteiger partial charge in [-0.15, -0.1) is 0 Å². The van der Waals surface area contributed by atoms with E-state index in [9.17, 15) is 0 Å². The lowest BCUT2D eigenvalue weighted by Crippen LogP contribution is -2.42. The lowest BCUT2D eigenvalue weighted by atomic mass is 9.77. The second-order valence-corrected chi connectivity index (χ2v) is 4.64. The molecule has 0 radical (unpaired) electrons. The summed E-state index contributed by atoms with van der Waals surface area (Å²) < 4.78 is 5.57. The zero-order valence-electron chi connectivity index (χ0n) is 10.5. The maximum Gasteiger partial charge on any atom is 0.0690 e. The Labute approximate surface area is 94.2 Å². The SMILES string of the molecule is CCN(C)CCNCCC1(OC)CCC1. The first kappa shape index (κ1) is 12.9. The van der Waals surface area contributed by atoms with Crippen molar-refractivity contribution in [1.29, 1.82) is 0 Å². The lowest BCUT2D eigenvalue weighted by molar-refractivity contribution is -0.0767. The van der Waals surface area contributed by atoms with E-state index < -0.39 is 0 Å². The Morgan fingerprint density at radius 2 is 2.07 bits per heavy atom. The van der Waals surface area contributed by atoms with Gasteiger partial charge in [0.15, 0.2) is 0 Å². The van der Waals surface area contributed by atoms with E-state index in [1.165, 1.54) is 25.7 Å². The molecule has 1 saturated carbocycles. The summed E-state index contributed by atoms with van der Waals surface area (Å²) in [5, 5.41) is 3.49. The maximum absolute atomic E-state index is 5.57. The fourth-order valence-corrected chi connectivity index (χ4v) is 2.00. The van der Waals surface area contributed by atoms with E-state index >= 15 is 0 Å².